The summed E-state index contributed by atoms with van der Waals surface area (Å²) in [5, 5.41) is 19.7. The van der Waals surface area contributed by atoms with E-state index < -0.39 is 6.10 Å². The highest BCUT2D eigenvalue weighted by Crippen LogP contribution is 1.75. The van der Waals surface area contributed by atoms with Crippen LogP contribution in [-0.4, -0.2) is 41.8 Å². The SMILES string of the molecule is CC.CC(=O)CNCC(O)CO. The third kappa shape index (κ3) is 12.2. The maximum Gasteiger partial charge on any atom is 0.143 e. The van der Waals surface area contributed by atoms with Gasteiger partial charge in [-0.2, -0.15) is 0 Å². The lowest BCUT2D eigenvalue weighted by atomic mass is 10.3. The van der Waals surface area contributed by atoms with Gasteiger partial charge in [0.05, 0.1) is 19.3 Å². The van der Waals surface area contributed by atoms with E-state index in [1.807, 2.05) is 13.8 Å². The van der Waals surface area contributed by atoms with Crippen LogP contribution in [0.1, 0.15) is 20.8 Å². The fourth-order valence-electron chi connectivity index (χ4n) is 0.479. The van der Waals surface area contributed by atoms with Crippen LogP contribution in [0.2, 0.25) is 0 Å². The third-order valence-electron chi connectivity index (χ3n) is 0.965. The van der Waals surface area contributed by atoms with Crippen LogP contribution in [0.5, 0.6) is 0 Å². The van der Waals surface area contributed by atoms with Crippen molar-refractivity contribution in [3.63, 3.8) is 0 Å². The zero-order valence-electron chi connectivity index (χ0n) is 8.00. The van der Waals surface area contributed by atoms with Crippen molar-refractivity contribution in [3.05, 3.63) is 0 Å². The Balaban J connectivity index is 0. The van der Waals surface area contributed by atoms with Gasteiger partial charge in [-0.3, -0.25) is 4.79 Å². The van der Waals surface area contributed by atoms with Crippen molar-refractivity contribution in [1.29, 1.82) is 0 Å². The molecule has 0 aromatic rings. The Kier molecular flexibility index (Phi) is 12.4. The molecule has 4 nitrogen and oxygen atoms in total. The van der Waals surface area contributed by atoms with Crippen LogP contribution in [0.25, 0.3) is 0 Å². The molecule has 0 radical (unpaired) electrons. The van der Waals surface area contributed by atoms with Gasteiger partial charge >= 0.3 is 0 Å². The van der Waals surface area contributed by atoms with Crippen LogP contribution < -0.4 is 5.32 Å². The van der Waals surface area contributed by atoms with Crippen molar-refractivity contribution in [2.24, 2.45) is 0 Å². The monoisotopic (exact) mass is 177 g/mol. The lowest BCUT2D eigenvalue weighted by Gasteiger charge is -2.06. The number of ketones is 1. The molecule has 0 aliphatic heterocycles. The molecule has 0 rings (SSSR count). The van der Waals surface area contributed by atoms with Gasteiger partial charge in [0, 0.05) is 6.54 Å². The summed E-state index contributed by atoms with van der Waals surface area (Å²) in [5.74, 6) is 0.0186. The number of rotatable bonds is 5. The first-order valence-corrected chi connectivity index (χ1v) is 4.16. The topological polar surface area (TPSA) is 69.6 Å². The number of aliphatic hydroxyl groups excluding tert-OH is 2. The van der Waals surface area contributed by atoms with Crippen molar-refractivity contribution in [3.8, 4) is 0 Å². The number of hydrogen-bond donors (Lipinski definition) is 3. The van der Waals surface area contributed by atoms with Gasteiger partial charge < -0.3 is 15.5 Å². The molecule has 0 amide bonds. The molecule has 1 unspecified atom stereocenters. The predicted molar refractivity (Wildman–Crippen MR) is 48.0 cm³/mol. The second-order valence-corrected chi connectivity index (χ2v) is 2.17. The molecular weight excluding hydrogens is 158 g/mol. The molecule has 0 heterocycles. The van der Waals surface area contributed by atoms with Gasteiger partial charge in [0.2, 0.25) is 0 Å². The molecule has 0 bridgehead atoms. The van der Waals surface area contributed by atoms with E-state index in [1.165, 1.54) is 6.92 Å². The fraction of sp³-hybridized carbons (Fsp3) is 0.875. The molecular formula is C8H19NO3. The molecule has 3 N–H and O–H groups in total. The minimum Gasteiger partial charge on any atom is -0.394 e. The Bertz CT molecular complexity index is 106. The standard InChI is InChI=1S/C6H13NO3.C2H6/c1-5(9)2-7-3-6(10)4-8;1-2/h6-8,10H,2-4H2,1H3;1-2H3. The Labute approximate surface area is 73.6 Å². The highest BCUT2D eigenvalue weighted by molar-refractivity contribution is 5.77. The molecule has 0 fully saturated rings. The molecule has 0 saturated heterocycles. The summed E-state index contributed by atoms with van der Waals surface area (Å²) in [5.41, 5.74) is 0. The van der Waals surface area contributed by atoms with E-state index in [4.69, 9.17) is 10.2 Å². The van der Waals surface area contributed by atoms with Crippen LogP contribution in [0.15, 0.2) is 0 Å². The zero-order valence-corrected chi connectivity index (χ0v) is 8.00. The highest BCUT2D eigenvalue weighted by Gasteiger charge is 2.00. The average molecular weight is 177 g/mol. The summed E-state index contributed by atoms with van der Waals surface area (Å²) in [7, 11) is 0. The molecule has 1 atom stereocenters. The first-order chi connectivity index (χ1) is 5.66. The maximum atomic E-state index is 10.3. The number of nitrogens with one attached hydrogen (secondary N) is 1. The summed E-state index contributed by atoms with van der Waals surface area (Å²) in [6.07, 6.45) is -0.764. The van der Waals surface area contributed by atoms with Crippen LogP contribution in [-0.2, 0) is 4.79 Å². The Morgan fingerprint density at radius 1 is 1.50 bits per heavy atom. The fourth-order valence-corrected chi connectivity index (χ4v) is 0.479. The molecule has 74 valence electrons. The Hall–Kier alpha value is -0.450. The van der Waals surface area contributed by atoms with Gasteiger partial charge in [0.25, 0.3) is 0 Å². The van der Waals surface area contributed by atoms with E-state index in [-0.39, 0.29) is 25.5 Å². The maximum absolute atomic E-state index is 10.3. The molecule has 0 spiro atoms. The van der Waals surface area contributed by atoms with E-state index in [9.17, 15) is 4.79 Å². The number of aliphatic hydroxyl groups is 2. The van der Waals surface area contributed by atoms with Crippen molar-refractivity contribution >= 4 is 5.78 Å². The van der Waals surface area contributed by atoms with Gasteiger partial charge in [0.1, 0.15) is 5.78 Å². The molecule has 0 aliphatic carbocycles. The molecule has 0 aliphatic rings. The molecule has 4 heteroatoms. The van der Waals surface area contributed by atoms with Crippen molar-refractivity contribution in [2.45, 2.75) is 26.9 Å². The summed E-state index contributed by atoms with van der Waals surface area (Å²) in [4.78, 5) is 10.3. The number of carbonyl (C=O) groups excluding carboxylic acids is 1. The van der Waals surface area contributed by atoms with Gasteiger partial charge in [-0.05, 0) is 6.92 Å². The van der Waals surface area contributed by atoms with E-state index in [1.54, 1.807) is 0 Å². The highest BCUT2D eigenvalue weighted by atomic mass is 16.3. The number of Topliss-reactive ketones (excluding diaryl/α,β-unsaturated/α-hetero) is 1. The summed E-state index contributed by atoms with van der Waals surface area (Å²) >= 11 is 0. The van der Waals surface area contributed by atoms with Crippen LogP contribution in [0, 0.1) is 0 Å². The number of carbonyl (C=O) groups is 1. The lowest BCUT2D eigenvalue weighted by Crippen LogP contribution is -2.32. The van der Waals surface area contributed by atoms with Crippen LogP contribution >= 0.6 is 0 Å². The molecule has 0 aromatic heterocycles. The van der Waals surface area contributed by atoms with Crippen molar-refractivity contribution < 1.29 is 15.0 Å². The summed E-state index contributed by atoms with van der Waals surface area (Å²) in [6.45, 7) is 5.69. The third-order valence-corrected chi connectivity index (χ3v) is 0.965. The van der Waals surface area contributed by atoms with Crippen molar-refractivity contribution in [2.75, 3.05) is 19.7 Å². The quantitative estimate of drug-likeness (QED) is 0.531. The second kappa shape index (κ2) is 10.6. The van der Waals surface area contributed by atoms with Gasteiger partial charge in [0.15, 0.2) is 0 Å². The van der Waals surface area contributed by atoms with Gasteiger partial charge in [-0.15, -0.1) is 0 Å². The van der Waals surface area contributed by atoms with Gasteiger partial charge in [-0.25, -0.2) is 0 Å². The van der Waals surface area contributed by atoms with Gasteiger partial charge in [-0.1, -0.05) is 13.8 Å². The molecule has 0 aromatic carbocycles. The smallest absolute Gasteiger partial charge is 0.143 e. The first kappa shape index (κ1) is 14.1. The Morgan fingerprint density at radius 2 is 2.00 bits per heavy atom. The molecule has 12 heavy (non-hydrogen) atoms. The summed E-state index contributed by atoms with van der Waals surface area (Å²) < 4.78 is 0. The normalized spacial score (nSPS) is 11.4. The zero-order chi connectivity index (χ0) is 9.98. The van der Waals surface area contributed by atoms with E-state index in [0.29, 0.717) is 0 Å². The average Bonchev–Trinajstić information content (AvgIpc) is 2.07. The Morgan fingerprint density at radius 3 is 2.33 bits per heavy atom. The first-order valence-electron chi connectivity index (χ1n) is 4.16. The number of hydrogen-bond acceptors (Lipinski definition) is 4. The molecule has 0 saturated carbocycles. The van der Waals surface area contributed by atoms with Crippen LogP contribution in [0.3, 0.4) is 0 Å². The van der Waals surface area contributed by atoms with Crippen LogP contribution in [0.4, 0.5) is 0 Å². The minimum absolute atomic E-state index is 0.0186. The lowest BCUT2D eigenvalue weighted by molar-refractivity contribution is -0.116. The summed E-state index contributed by atoms with van der Waals surface area (Å²) in [6, 6.07) is 0. The largest absolute Gasteiger partial charge is 0.394 e. The second-order valence-electron chi connectivity index (χ2n) is 2.17. The van der Waals surface area contributed by atoms with Crippen molar-refractivity contribution in [1.82, 2.24) is 5.32 Å². The van der Waals surface area contributed by atoms with E-state index >= 15 is 0 Å². The minimum atomic E-state index is -0.764. The van der Waals surface area contributed by atoms with E-state index in [2.05, 4.69) is 5.32 Å². The van der Waals surface area contributed by atoms with E-state index in [0.717, 1.165) is 0 Å². The predicted octanol–water partition coefficient (Wildman–Crippen LogP) is -0.456.